The van der Waals surface area contributed by atoms with E-state index >= 15 is 0 Å². The largest absolute Gasteiger partial charge is 0.468 e. The van der Waals surface area contributed by atoms with Crippen LogP contribution in [0, 0.1) is 0 Å². The normalized spacial score (nSPS) is 10.1. The van der Waals surface area contributed by atoms with Crippen molar-refractivity contribution in [2.75, 3.05) is 25.1 Å². The van der Waals surface area contributed by atoms with Crippen LogP contribution in [0.5, 0.6) is 0 Å². The van der Waals surface area contributed by atoms with E-state index in [0.29, 0.717) is 6.54 Å². The van der Waals surface area contributed by atoms with Gasteiger partial charge >= 0.3 is 5.97 Å². The Morgan fingerprint density at radius 1 is 1.59 bits per heavy atom. The lowest BCUT2D eigenvalue weighted by molar-refractivity contribution is -0.138. The predicted molar refractivity (Wildman–Crippen MR) is 64.0 cm³/mol. The van der Waals surface area contributed by atoms with Crippen molar-refractivity contribution >= 4 is 11.8 Å². The first-order valence-electron chi connectivity index (χ1n) is 5.43. The molecule has 0 aliphatic carbocycles. The average molecular weight is 239 g/mol. The summed E-state index contributed by atoms with van der Waals surface area (Å²) in [5.74, 6) is -0.103. The van der Waals surface area contributed by atoms with E-state index in [4.69, 9.17) is 0 Å². The van der Waals surface area contributed by atoms with Crippen LogP contribution >= 0.6 is 0 Å². The van der Waals surface area contributed by atoms with Crippen molar-refractivity contribution in [2.24, 2.45) is 7.05 Å². The summed E-state index contributed by atoms with van der Waals surface area (Å²) in [5, 5.41) is 0. The number of hydrogen-bond acceptors (Lipinski definition) is 5. The van der Waals surface area contributed by atoms with Gasteiger partial charge in [0.25, 0.3) is 5.56 Å². The van der Waals surface area contributed by atoms with Crippen LogP contribution in [0.15, 0.2) is 17.2 Å². The number of esters is 1. The fraction of sp³-hybridized carbons (Fsp3) is 0.545. The highest BCUT2D eigenvalue weighted by atomic mass is 16.5. The Bertz CT molecular complexity index is 442. The van der Waals surface area contributed by atoms with Crippen LogP contribution in [-0.4, -0.2) is 35.7 Å². The summed E-state index contributed by atoms with van der Waals surface area (Å²) < 4.78 is 6.03. The minimum atomic E-state index is -0.383. The van der Waals surface area contributed by atoms with Gasteiger partial charge in [0.1, 0.15) is 6.54 Å². The molecule has 0 amide bonds. The van der Waals surface area contributed by atoms with E-state index in [9.17, 15) is 9.59 Å². The van der Waals surface area contributed by atoms with Crippen LogP contribution in [-0.2, 0) is 16.6 Å². The average Bonchev–Trinajstić information content (AvgIpc) is 2.32. The molecule has 0 aliphatic rings. The summed E-state index contributed by atoms with van der Waals surface area (Å²) in [6, 6.07) is 0. The molecule has 0 unspecified atom stereocenters. The summed E-state index contributed by atoms with van der Waals surface area (Å²) in [6.45, 7) is 2.59. The van der Waals surface area contributed by atoms with Crippen molar-refractivity contribution in [2.45, 2.75) is 13.3 Å². The first-order chi connectivity index (χ1) is 8.10. The van der Waals surface area contributed by atoms with Gasteiger partial charge < -0.3 is 14.2 Å². The van der Waals surface area contributed by atoms with Gasteiger partial charge in [-0.1, -0.05) is 6.92 Å². The first-order valence-corrected chi connectivity index (χ1v) is 5.43. The molecule has 0 spiro atoms. The molecular weight excluding hydrogens is 222 g/mol. The van der Waals surface area contributed by atoms with Crippen LogP contribution in [0.4, 0.5) is 5.82 Å². The van der Waals surface area contributed by atoms with E-state index in [-0.39, 0.29) is 23.9 Å². The van der Waals surface area contributed by atoms with Crippen molar-refractivity contribution < 1.29 is 9.53 Å². The maximum atomic E-state index is 11.9. The van der Waals surface area contributed by atoms with Gasteiger partial charge in [0.05, 0.1) is 7.11 Å². The number of ether oxygens (including phenoxy) is 1. The second-order valence-electron chi connectivity index (χ2n) is 3.66. The molecule has 0 saturated carbocycles. The highest BCUT2D eigenvalue weighted by Crippen LogP contribution is 2.04. The maximum Gasteiger partial charge on any atom is 0.325 e. The fourth-order valence-electron chi connectivity index (χ4n) is 1.45. The first kappa shape index (κ1) is 13.2. The van der Waals surface area contributed by atoms with Crippen LogP contribution in [0.2, 0.25) is 0 Å². The van der Waals surface area contributed by atoms with Gasteiger partial charge in [0.2, 0.25) is 0 Å². The highest BCUT2D eigenvalue weighted by molar-refractivity contribution is 5.75. The van der Waals surface area contributed by atoms with E-state index < -0.39 is 0 Å². The number of aryl methyl sites for hydroxylation is 1. The molecule has 0 fully saturated rings. The molecular formula is C11H17N3O3. The fourth-order valence-corrected chi connectivity index (χ4v) is 1.45. The number of aromatic nitrogens is 2. The molecule has 1 aromatic rings. The third-order valence-electron chi connectivity index (χ3n) is 2.34. The third kappa shape index (κ3) is 3.30. The standard InChI is InChI=1S/C11H17N3O3/c1-4-6-14(8-9(15)17-3)10-11(16)13(2)7-5-12-10/h5,7H,4,6,8H2,1-3H3. The number of hydrogen-bond donors (Lipinski definition) is 0. The number of methoxy groups -OCH3 is 1. The van der Waals surface area contributed by atoms with Crippen LogP contribution in [0.1, 0.15) is 13.3 Å². The second-order valence-corrected chi connectivity index (χ2v) is 3.66. The summed E-state index contributed by atoms with van der Waals surface area (Å²) in [5.41, 5.74) is -0.218. The summed E-state index contributed by atoms with van der Waals surface area (Å²) in [6.07, 6.45) is 3.93. The second kappa shape index (κ2) is 6.03. The Labute approximate surface area is 99.8 Å². The smallest absolute Gasteiger partial charge is 0.325 e. The lowest BCUT2D eigenvalue weighted by Gasteiger charge is -2.21. The Kier molecular flexibility index (Phi) is 4.68. The van der Waals surface area contributed by atoms with Gasteiger partial charge in [-0.05, 0) is 6.42 Å². The topological polar surface area (TPSA) is 64.4 Å². The molecule has 0 aliphatic heterocycles. The molecule has 0 aromatic carbocycles. The predicted octanol–water partition coefficient (Wildman–Crippen LogP) is 0.170. The lowest BCUT2D eigenvalue weighted by atomic mass is 10.4. The van der Waals surface area contributed by atoms with E-state index in [2.05, 4.69) is 9.72 Å². The quantitative estimate of drug-likeness (QED) is 0.685. The maximum absolute atomic E-state index is 11.9. The van der Waals surface area contributed by atoms with Gasteiger partial charge in [-0.15, -0.1) is 0 Å². The molecule has 6 nitrogen and oxygen atoms in total. The van der Waals surface area contributed by atoms with Gasteiger partial charge in [0, 0.05) is 26.0 Å². The Morgan fingerprint density at radius 3 is 2.88 bits per heavy atom. The van der Waals surface area contributed by atoms with Gasteiger partial charge in [0.15, 0.2) is 5.82 Å². The van der Waals surface area contributed by atoms with Crippen LogP contribution < -0.4 is 10.5 Å². The van der Waals surface area contributed by atoms with Crippen LogP contribution in [0.3, 0.4) is 0 Å². The lowest BCUT2D eigenvalue weighted by Crippen LogP contribution is -2.37. The monoisotopic (exact) mass is 239 g/mol. The molecule has 0 saturated heterocycles. The summed E-state index contributed by atoms with van der Waals surface area (Å²) >= 11 is 0. The summed E-state index contributed by atoms with van der Waals surface area (Å²) in [7, 11) is 2.97. The molecule has 0 atom stereocenters. The van der Waals surface area contributed by atoms with Crippen molar-refractivity contribution in [1.82, 2.24) is 9.55 Å². The van der Waals surface area contributed by atoms with Gasteiger partial charge in [-0.25, -0.2) is 4.98 Å². The van der Waals surface area contributed by atoms with Crippen molar-refractivity contribution in [3.63, 3.8) is 0 Å². The van der Waals surface area contributed by atoms with Crippen molar-refractivity contribution in [3.05, 3.63) is 22.7 Å². The zero-order valence-corrected chi connectivity index (χ0v) is 10.3. The number of anilines is 1. The minimum Gasteiger partial charge on any atom is -0.468 e. The van der Waals surface area contributed by atoms with E-state index in [1.54, 1.807) is 18.1 Å². The Hall–Kier alpha value is -1.85. The minimum absolute atomic E-state index is 0.0383. The third-order valence-corrected chi connectivity index (χ3v) is 2.34. The van der Waals surface area contributed by atoms with Crippen LogP contribution in [0.25, 0.3) is 0 Å². The molecule has 1 heterocycles. The zero-order chi connectivity index (χ0) is 12.8. The molecule has 0 radical (unpaired) electrons. The Morgan fingerprint density at radius 2 is 2.29 bits per heavy atom. The number of rotatable bonds is 5. The molecule has 17 heavy (non-hydrogen) atoms. The molecule has 1 aromatic heterocycles. The van der Waals surface area contributed by atoms with E-state index in [1.807, 2.05) is 6.92 Å². The SMILES string of the molecule is CCCN(CC(=O)OC)c1nccn(C)c1=O. The molecule has 1 rings (SSSR count). The number of nitrogens with zero attached hydrogens (tertiary/aromatic N) is 3. The van der Waals surface area contributed by atoms with Gasteiger partial charge in [-0.2, -0.15) is 0 Å². The molecule has 0 bridgehead atoms. The molecule has 6 heteroatoms. The number of carbonyl (C=O) groups is 1. The van der Waals surface area contributed by atoms with E-state index in [0.717, 1.165) is 6.42 Å². The molecule has 94 valence electrons. The van der Waals surface area contributed by atoms with E-state index in [1.165, 1.54) is 17.9 Å². The van der Waals surface area contributed by atoms with Crippen molar-refractivity contribution in [1.29, 1.82) is 0 Å². The Balaban J connectivity index is 3.01. The van der Waals surface area contributed by atoms with Crippen molar-refractivity contribution in [3.8, 4) is 0 Å². The molecule has 0 N–H and O–H groups in total. The van der Waals surface area contributed by atoms with Gasteiger partial charge in [-0.3, -0.25) is 9.59 Å². The highest BCUT2D eigenvalue weighted by Gasteiger charge is 2.15. The zero-order valence-electron chi connectivity index (χ0n) is 10.3. The summed E-state index contributed by atoms with van der Waals surface area (Å²) in [4.78, 5) is 28.8. The number of carbonyl (C=O) groups excluding carboxylic acids is 1.